The maximum atomic E-state index is 16.0. The molecule has 7 aliphatic heterocycles. The average molecular weight is 1480 g/mol. The zero-order valence-corrected chi connectivity index (χ0v) is 56.7. The van der Waals surface area contributed by atoms with E-state index >= 15 is 14.4 Å². The fourth-order valence-electron chi connectivity index (χ4n) is 12.5. The number of aliphatic carboxylic acids is 1. The molecule has 0 spiro atoms. The summed E-state index contributed by atoms with van der Waals surface area (Å²) in [6.45, 7) is 5.24. The van der Waals surface area contributed by atoms with Crippen molar-refractivity contribution in [2.45, 2.75) is 150 Å². The molecule has 7 aliphatic rings. The minimum atomic E-state index is -2.41. The lowest BCUT2D eigenvalue weighted by atomic mass is 9.86. The Balaban J connectivity index is 1.25. The Morgan fingerprint density at radius 3 is 1.89 bits per heavy atom. The number of rotatable bonds is 12. The molecule has 11 bridgehead atoms. The summed E-state index contributed by atoms with van der Waals surface area (Å²) >= 11 is 14.1. The third-order valence-electron chi connectivity index (χ3n) is 17.8. The van der Waals surface area contributed by atoms with E-state index in [0.717, 1.165) is 78.9 Å². The van der Waals surface area contributed by atoms with Gasteiger partial charge in [-0.2, -0.15) is 10.5 Å². The standard InChI is InChI=1S/C68H70Cl2N10O24/c1-24(2)11-32(30(21-71)22-72)60(91)79-51-53(86)27-6-9-40(35(69)13-27)100-42-15-29-16-43(57(42)104-67-58(56(89)55(88)44(23-81)102-67)103-46-20-68(4,74)59(90)25(3)99-46)101-41-10-7-28(14-36(41)70)54(87)52-65(96)78-50(66(97)98)34-17-31(82)18-39(84)47(34)33-12-26(5-8-38(33)83)48(62(93)80-52)77-63(94)49(29)76-61(92)37(19-45(73)85)75-64(51)95/h5-10,12-18,24-25,37,44,46,48-56,58-59,67,81-84,86-90H,11,19-20,23,74H2,1-4H3,(H2,73,85)(H,75,95)(H,76,92)(H,77,94)(H,78,96)(H,79,91)(H,80,93)(H,97,98)/t25-,37-,44+,46-,48+,49+,50-,51+,52-,53+,54+,55+,56-,58+,59+,67-,68-/m0/s1. The number of nitriles is 2. The Bertz CT molecular complexity index is 4400. The van der Waals surface area contributed by atoms with E-state index in [1.54, 1.807) is 26.0 Å². The SMILES string of the molecule is CC(C)CC(C(=O)N[C@H]1C(=O)N[C@@H](CC(N)=O)C(=O)N[C@H]2C(=O)N[C@H]3C(=O)N[C@H](C(=O)N[C@H](C(=O)O)c4cc(O)cc(O)c4-c4cc3ccc4O)[C@H](O)c3ccc(c(Cl)c3)Oc3cc2cc(c3O[C@@H]2O[C@H](CO)[C@@H](O)[C@H](O)[C@H]2O[C@H]2C[C@](C)(N)[C@H](O)[C@H](C)O2)Oc2ccc(cc2Cl)[C@H]1O)=C(C#N)C#N. The van der Waals surface area contributed by atoms with Crippen LogP contribution in [0.15, 0.2) is 90.0 Å². The van der Waals surface area contributed by atoms with Gasteiger partial charge < -0.3 is 123 Å². The molecule has 0 unspecified atom stereocenters. The number of aliphatic hydroxyl groups is 6. The van der Waals surface area contributed by atoms with Gasteiger partial charge in [0, 0.05) is 40.3 Å². The lowest BCUT2D eigenvalue weighted by Gasteiger charge is -2.47. The number of hydrogen-bond donors (Lipinski definition) is 18. The van der Waals surface area contributed by atoms with Crippen LogP contribution in [0.25, 0.3) is 11.1 Å². The van der Waals surface area contributed by atoms with E-state index in [9.17, 15) is 85.6 Å². The van der Waals surface area contributed by atoms with Crippen molar-refractivity contribution in [1.82, 2.24) is 31.9 Å². The number of nitrogens with zero attached hydrogens (tertiary/aromatic N) is 2. The average Bonchev–Trinajstić information content (AvgIpc) is 0.769. The number of aliphatic hydroxyl groups excluding tert-OH is 6. The fourth-order valence-corrected chi connectivity index (χ4v) is 13.0. The first-order chi connectivity index (χ1) is 49.1. The number of allylic oxidation sites excluding steroid dienone is 1. The van der Waals surface area contributed by atoms with Crippen LogP contribution >= 0.6 is 23.2 Å². The van der Waals surface area contributed by atoms with E-state index in [1.165, 1.54) is 13.8 Å². The van der Waals surface area contributed by atoms with E-state index in [-0.39, 0.29) is 24.0 Å². The highest BCUT2D eigenvalue weighted by Crippen LogP contribution is 2.50. The second kappa shape index (κ2) is 30.9. The molecule has 104 heavy (non-hydrogen) atoms. The Hall–Kier alpha value is -10.4. The van der Waals surface area contributed by atoms with Crippen LogP contribution in [-0.2, 0) is 52.6 Å². The number of carboxylic acids is 1. The molecule has 0 saturated carbocycles. The first kappa shape index (κ1) is 76.2. The van der Waals surface area contributed by atoms with Crippen LogP contribution in [0, 0.1) is 28.6 Å². The second-order valence-electron chi connectivity index (χ2n) is 25.9. The molecule has 7 heterocycles. The number of hydrogen-bond acceptors (Lipinski definition) is 26. The van der Waals surface area contributed by atoms with Gasteiger partial charge in [-0.3, -0.25) is 33.6 Å². The summed E-state index contributed by atoms with van der Waals surface area (Å²) in [6.07, 6.45) is -19.5. The highest BCUT2D eigenvalue weighted by Gasteiger charge is 2.51. The van der Waals surface area contributed by atoms with Gasteiger partial charge in [0.25, 0.3) is 0 Å². The number of phenols is 3. The van der Waals surface area contributed by atoms with Gasteiger partial charge in [-0.15, -0.1) is 0 Å². The molecular weight excluding hydrogens is 1410 g/mol. The van der Waals surface area contributed by atoms with Crippen LogP contribution in [0.3, 0.4) is 0 Å². The van der Waals surface area contributed by atoms with Gasteiger partial charge in [0.2, 0.25) is 53.4 Å². The van der Waals surface area contributed by atoms with Crippen LogP contribution in [-0.4, -0.2) is 178 Å². The summed E-state index contributed by atoms with van der Waals surface area (Å²) in [5, 5.41) is 147. The molecule has 5 aromatic rings. The van der Waals surface area contributed by atoms with Crippen molar-refractivity contribution < 1.29 is 118 Å². The van der Waals surface area contributed by atoms with Gasteiger partial charge >= 0.3 is 5.97 Å². The van der Waals surface area contributed by atoms with Gasteiger partial charge in [-0.05, 0) is 103 Å². The molecule has 7 amide bonds. The molecule has 2 saturated heterocycles. The number of phenolic OH excluding ortho intramolecular Hbond substituents is 3. The van der Waals surface area contributed by atoms with Gasteiger partial charge in [-0.25, -0.2) is 4.79 Å². The van der Waals surface area contributed by atoms with Gasteiger partial charge in [0.05, 0.1) is 35.3 Å². The van der Waals surface area contributed by atoms with Crippen LogP contribution in [0.5, 0.6) is 46.0 Å². The summed E-state index contributed by atoms with van der Waals surface area (Å²) in [4.78, 5) is 117. The molecule has 0 radical (unpaired) electrons. The molecule has 0 aliphatic carbocycles. The Kier molecular flexibility index (Phi) is 22.6. The number of fused-ring (bicyclic) bond motifs is 15. The minimum Gasteiger partial charge on any atom is -0.508 e. The van der Waals surface area contributed by atoms with Crippen molar-refractivity contribution >= 4 is 70.5 Å². The quantitative estimate of drug-likeness (QED) is 0.0608. The monoisotopic (exact) mass is 1480 g/mol. The third-order valence-corrected chi connectivity index (χ3v) is 18.4. The number of amides is 7. The smallest absolute Gasteiger partial charge is 0.330 e. The van der Waals surface area contributed by atoms with Crippen molar-refractivity contribution in [3.05, 3.63) is 128 Å². The lowest BCUT2D eigenvalue weighted by Crippen LogP contribution is -2.64. The summed E-state index contributed by atoms with van der Waals surface area (Å²) < 4.78 is 38.2. The molecule has 20 N–H and O–H groups in total. The maximum Gasteiger partial charge on any atom is 0.330 e. The number of halogens is 2. The van der Waals surface area contributed by atoms with Crippen molar-refractivity contribution in [1.29, 1.82) is 10.5 Å². The lowest BCUT2D eigenvalue weighted by molar-refractivity contribution is -0.333. The summed E-state index contributed by atoms with van der Waals surface area (Å²) in [6, 6.07) is 2.57. The number of ether oxygens (including phenoxy) is 6. The van der Waals surface area contributed by atoms with Crippen molar-refractivity contribution in [3.8, 4) is 69.3 Å². The van der Waals surface area contributed by atoms with E-state index < -0.39 is 264 Å². The summed E-state index contributed by atoms with van der Waals surface area (Å²) in [5.41, 5.74) is 6.55. The number of aromatic hydroxyl groups is 3. The molecular formula is C68H70Cl2N10O24. The Morgan fingerprint density at radius 2 is 1.32 bits per heavy atom. The van der Waals surface area contributed by atoms with E-state index in [2.05, 4.69) is 31.9 Å². The fraction of sp³-hybridized carbons (Fsp3) is 0.382. The Labute approximate surface area is 599 Å². The molecule has 12 rings (SSSR count). The van der Waals surface area contributed by atoms with Crippen LogP contribution in [0.4, 0.5) is 0 Å². The zero-order chi connectivity index (χ0) is 75.8. The molecule has 2 fully saturated rings. The van der Waals surface area contributed by atoms with E-state index in [4.69, 9.17) is 63.1 Å². The number of nitrogens with two attached hydrogens (primary N) is 2. The van der Waals surface area contributed by atoms with Crippen molar-refractivity contribution in [2.24, 2.45) is 17.4 Å². The first-order valence-electron chi connectivity index (χ1n) is 31.9. The number of primary amides is 1. The number of benzene rings is 5. The minimum absolute atomic E-state index is 0.235. The number of carbonyl (C=O) groups is 8. The molecule has 17 atom stereocenters. The molecule has 36 heteroatoms. The molecule has 0 aromatic heterocycles. The normalized spacial score (nSPS) is 28.4. The Morgan fingerprint density at radius 1 is 0.721 bits per heavy atom. The number of nitrogens with one attached hydrogen (secondary N) is 6. The summed E-state index contributed by atoms with van der Waals surface area (Å²) in [7, 11) is 0. The van der Waals surface area contributed by atoms with Crippen molar-refractivity contribution in [2.75, 3.05) is 6.61 Å². The predicted octanol–water partition coefficient (Wildman–Crippen LogP) is 0.862. The zero-order valence-electron chi connectivity index (χ0n) is 55.1. The van der Waals surface area contributed by atoms with Gasteiger partial charge in [0.15, 0.2) is 29.9 Å². The highest BCUT2D eigenvalue weighted by molar-refractivity contribution is 6.32. The highest BCUT2D eigenvalue weighted by atomic mass is 35.5. The van der Waals surface area contributed by atoms with Gasteiger partial charge in [-0.1, -0.05) is 55.2 Å². The largest absolute Gasteiger partial charge is 0.508 e. The predicted molar refractivity (Wildman–Crippen MR) is 355 cm³/mol. The molecule has 34 nitrogen and oxygen atoms in total. The van der Waals surface area contributed by atoms with Gasteiger partial charge in [0.1, 0.15) is 107 Å². The molecule has 550 valence electrons. The van der Waals surface area contributed by atoms with E-state index in [1.807, 2.05) is 0 Å². The number of carbonyl (C=O) groups excluding carboxylic acids is 7. The van der Waals surface area contributed by atoms with Crippen LogP contribution in [0.1, 0.15) is 105 Å². The second-order valence-corrected chi connectivity index (χ2v) is 26.7. The first-order valence-corrected chi connectivity index (χ1v) is 32.7. The topological polar surface area (TPSA) is 566 Å². The summed E-state index contributed by atoms with van der Waals surface area (Å²) in [5.74, 6) is -17.4. The number of carboxylic acid groups (broad SMARTS) is 1. The molecule has 5 aromatic carbocycles. The van der Waals surface area contributed by atoms with Crippen LogP contribution in [0.2, 0.25) is 10.0 Å². The third kappa shape index (κ3) is 15.9. The van der Waals surface area contributed by atoms with Crippen LogP contribution < -0.4 is 57.6 Å². The van der Waals surface area contributed by atoms with E-state index in [0.29, 0.717) is 0 Å². The maximum absolute atomic E-state index is 16.0. The van der Waals surface area contributed by atoms with Crippen molar-refractivity contribution in [3.63, 3.8) is 0 Å².